The van der Waals surface area contributed by atoms with Gasteiger partial charge in [-0.2, -0.15) is 0 Å². The summed E-state index contributed by atoms with van der Waals surface area (Å²) >= 11 is 0. The predicted molar refractivity (Wildman–Crippen MR) is 115 cm³/mol. The van der Waals surface area contributed by atoms with Crippen LogP contribution in [0.1, 0.15) is 36.1 Å². The molecule has 3 rings (SSSR count). The molecule has 0 aliphatic carbocycles. The molecule has 1 heterocycles. The molecule has 168 valence electrons. The fraction of sp³-hybridized carbons (Fsp3) is 0.435. The summed E-state index contributed by atoms with van der Waals surface area (Å²) in [5.74, 6) is -1.49. The number of hydrogen-bond donors (Lipinski definition) is 4. The maximum absolute atomic E-state index is 13.5. The molecule has 0 saturated carbocycles. The largest absolute Gasteiger partial charge is 0.465 e. The number of nitrogens with one attached hydrogen (secondary N) is 2. The summed E-state index contributed by atoms with van der Waals surface area (Å²) in [4.78, 5) is 13.4. The van der Waals surface area contributed by atoms with Crippen molar-refractivity contribution in [1.82, 2.24) is 10.6 Å². The number of aliphatic hydroxyl groups is 1. The van der Waals surface area contributed by atoms with Gasteiger partial charge in [-0.3, -0.25) is 0 Å². The second-order valence-electron chi connectivity index (χ2n) is 8.02. The third kappa shape index (κ3) is 5.92. The lowest BCUT2D eigenvalue weighted by Gasteiger charge is -2.35. The normalized spacial score (nSPS) is 17.7. The van der Waals surface area contributed by atoms with Crippen LogP contribution >= 0.6 is 0 Å². The van der Waals surface area contributed by atoms with Crippen LogP contribution in [0.3, 0.4) is 0 Å². The maximum Gasteiger partial charge on any atom is 0.404 e. The first-order valence-corrected chi connectivity index (χ1v) is 10.5. The SMILES string of the molecule is CCc1ccc2c(c1)C(NCC(O)C(Cc1cc(F)cc(F)c1)NC(=O)O)CCN2C. The minimum Gasteiger partial charge on any atom is -0.465 e. The number of hydrogen-bond acceptors (Lipinski definition) is 4. The van der Waals surface area contributed by atoms with Crippen LogP contribution in [0.2, 0.25) is 0 Å². The zero-order valence-electron chi connectivity index (χ0n) is 17.7. The third-order valence-corrected chi connectivity index (χ3v) is 5.76. The molecule has 0 aromatic heterocycles. The third-order valence-electron chi connectivity index (χ3n) is 5.76. The molecule has 1 amide bonds. The molecule has 2 aromatic rings. The first kappa shape index (κ1) is 23.0. The Kier molecular flexibility index (Phi) is 7.46. The van der Waals surface area contributed by atoms with Gasteiger partial charge in [0.15, 0.2) is 0 Å². The molecule has 0 spiro atoms. The van der Waals surface area contributed by atoms with E-state index in [2.05, 4.69) is 40.7 Å². The standard InChI is InChI=1S/C23H29F2N3O3/c1-3-14-4-5-21-18(10-14)19(6-7-28(21)2)26-13-22(29)20(27-23(30)31)11-15-8-16(24)12-17(25)9-15/h4-5,8-10,12,19-20,22,26-27,29H,3,6-7,11,13H2,1-2H3,(H,30,31). The summed E-state index contributed by atoms with van der Waals surface area (Å²) in [6.45, 7) is 3.08. The van der Waals surface area contributed by atoms with Crippen molar-refractivity contribution < 1.29 is 23.8 Å². The molecule has 4 N–H and O–H groups in total. The number of aryl methyl sites for hydroxylation is 1. The molecule has 3 unspecified atom stereocenters. The van der Waals surface area contributed by atoms with Crippen molar-refractivity contribution in [2.75, 3.05) is 25.0 Å². The Balaban J connectivity index is 1.71. The van der Waals surface area contributed by atoms with E-state index in [1.54, 1.807) is 0 Å². The van der Waals surface area contributed by atoms with Gasteiger partial charge >= 0.3 is 6.09 Å². The topological polar surface area (TPSA) is 84.8 Å². The molecule has 6 nitrogen and oxygen atoms in total. The van der Waals surface area contributed by atoms with Gasteiger partial charge in [-0.1, -0.05) is 19.1 Å². The number of anilines is 1. The monoisotopic (exact) mass is 433 g/mol. The van der Waals surface area contributed by atoms with Gasteiger partial charge < -0.3 is 25.7 Å². The van der Waals surface area contributed by atoms with Gasteiger partial charge in [0, 0.05) is 37.9 Å². The van der Waals surface area contributed by atoms with Crippen molar-refractivity contribution in [1.29, 1.82) is 0 Å². The highest BCUT2D eigenvalue weighted by Gasteiger charge is 2.27. The Bertz CT molecular complexity index is 905. The maximum atomic E-state index is 13.5. The predicted octanol–water partition coefficient (Wildman–Crippen LogP) is 3.24. The van der Waals surface area contributed by atoms with Gasteiger partial charge in [-0.15, -0.1) is 0 Å². The van der Waals surface area contributed by atoms with Crippen molar-refractivity contribution in [2.24, 2.45) is 0 Å². The van der Waals surface area contributed by atoms with Crippen LogP contribution in [0.4, 0.5) is 19.3 Å². The Hall–Kier alpha value is -2.71. The van der Waals surface area contributed by atoms with Gasteiger partial charge in [0.1, 0.15) is 11.6 Å². The number of halogens is 2. The summed E-state index contributed by atoms with van der Waals surface area (Å²) in [6, 6.07) is 8.51. The second-order valence-corrected chi connectivity index (χ2v) is 8.02. The van der Waals surface area contributed by atoms with Crippen molar-refractivity contribution in [3.05, 3.63) is 64.7 Å². The van der Waals surface area contributed by atoms with E-state index in [1.165, 1.54) is 5.56 Å². The van der Waals surface area contributed by atoms with Crippen LogP contribution in [-0.2, 0) is 12.8 Å². The molecule has 0 saturated heterocycles. The van der Waals surface area contributed by atoms with Crippen molar-refractivity contribution in [3.8, 4) is 0 Å². The molecule has 1 aliphatic rings. The highest BCUT2D eigenvalue weighted by Crippen LogP contribution is 2.33. The molecule has 0 radical (unpaired) electrons. The fourth-order valence-corrected chi connectivity index (χ4v) is 4.09. The van der Waals surface area contributed by atoms with E-state index in [1.807, 2.05) is 7.05 Å². The van der Waals surface area contributed by atoms with E-state index < -0.39 is 29.9 Å². The minimum atomic E-state index is -1.31. The van der Waals surface area contributed by atoms with E-state index in [-0.39, 0.29) is 24.6 Å². The van der Waals surface area contributed by atoms with E-state index in [0.29, 0.717) is 0 Å². The van der Waals surface area contributed by atoms with Crippen LogP contribution in [-0.4, -0.2) is 48.6 Å². The van der Waals surface area contributed by atoms with E-state index >= 15 is 0 Å². The first-order valence-electron chi connectivity index (χ1n) is 10.5. The average molecular weight is 433 g/mol. The van der Waals surface area contributed by atoms with Gasteiger partial charge in [-0.05, 0) is 54.2 Å². The Morgan fingerprint density at radius 3 is 2.55 bits per heavy atom. The molecule has 1 aliphatic heterocycles. The number of aliphatic hydroxyl groups excluding tert-OH is 1. The lowest BCUT2D eigenvalue weighted by Crippen LogP contribution is -2.49. The van der Waals surface area contributed by atoms with E-state index in [0.717, 1.165) is 48.8 Å². The number of fused-ring (bicyclic) bond motifs is 1. The number of carboxylic acid groups (broad SMARTS) is 1. The molecule has 2 aromatic carbocycles. The molecule has 3 atom stereocenters. The summed E-state index contributed by atoms with van der Waals surface area (Å²) in [5.41, 5.74) is 3.77. The highest BCUT2D eigenvalue weighted by atomic mass is 19.1. The van der Waals surface area contributed by atoms with Crippen LogP contribution in [0.5, 0.6) is 0 Å². The molecule has 31 heavy (non-hydrogen) atoms. The molecule has 8 heteroatoms. The lowest BCUT2D eigenvalue weighted by atomic mass is 9.93. The van der Waals surface area contributed by atoms with Gasteiger partial charge in [0.25, 0.3) is 0 Å². The number of benzene rings is 2. The number of amides is 1. The number of rotatable bonds is 8. The molecular weight excluding hydrogens is 404 g/mol. The summed E-state index contributed by atoms with van der Waals surface area (Å²) < 4.78 is 27.0. The van der Waals surface area contributed by atoms with Crippen LogP contribution in [0.25, 0.3) is 0 Å². The Morgan fingerprint density at radius 2 is 1.90 bits per heavy atom. The molecule has 0 bridgehead atoms. The fourth-order valence-electron chi connectivity index (χ4n) is 4.09. The molecule has 0 fully saturated rings. The number of carbonyl (C=O) groups is 1. The quantitative estimate of drug-likeness (QED) is 0.514. The van der Waals surface area contributed by atoms with Gasteiger partial charge in [-0.25, -0.2) is 13.6 Å². The Morgan fingerprint density at radius 1 is 1.19 bits per heavy atom. The van der Waals surface area contributed by atoms with Crippen LogP contribution in [0.15, 0.2) is 36.4 Å². The highest BCUT2D eigenvalue weighted by molar-refractivity contribution is 5.65. The van der Waals surface area contributed by atoms with Crippen molar-refractivity contribution >= 4 is 11.8 Å². The first-order chi connectivity index (χ1) is 14.8. The molecular formula is C23H29F2N3O3. The number of nitrogens with zero attached hydrogens (tertiary/aromatic N) is 1. The minimum absolute atomic E-state index is 0.0180. The van der Waals surface area contributed by atoms with E-state index in [9.17, 15) is 18.7 Å². The zero-order valence-corrected chi connectivity index (χ0v) is 17.7. The van der Waals surface area contributed by atoms with Crippen molar-refractivity contribution in [3.63, 3.8) is 0 Å². The summed E-state index contributed by atoms with van der Waals surface area (Å²) in [6.07, 6.45) is -0.664. The Labute approximate surface area is 180 Å². The van der Waals surface area contributed by atoms with E-state index in [4.69, 9.17) is 5.11 Å². The second kappa shape index (κ2) is 10.1. The zero-order chi connectivity index (χ0) is 22.5. The van der Waals surface area contributed by atoms with Crippen LogP contribution in [0, 0.1) is 11.6 Å². The summed E-state index contributed by atoms with van der Waals surface area (Å²) in [7, 11) is 2.04. The van der Waals surface area contributed by atoms with Crippen molar-refractivity contribution in [2.45, 2.75) is 44.4 Å². The lowest BCUT2D eigenvalue weighted by molar-refractivity contribution is 0.114. The van der Waals surface area contributed by atoms with Gasteiger partial charge in [0.05, 0.1) is 12.1 Å². The smallest absolute Gasteiger partial charge is 0.404 e. The average Bonchev–Trinajstić information content (AvgIpc) is 2.71. The van der Waals surface area contributed by atoms with Gasteiger partial charge in [0.2, 0.25) is 0 Å². The summed E-state index contributed by atoms with van der Waals surface area (Å²) in [5, 5.41) is 25.5. The van der Waals surface area contributed by atoms with Crippen LogP contribution < -0.4 is 15.5 Å².